The Bertz CT molecular complexity index is 861. The first-order valence-corrected chi connectivity index (χ1v) is 9.24. The summed E-state index contributed by atoms with van der Waals surface area (Å²) in [4.78, 5) is 28.0. The van der Waals surface area contributed by atoms with Gasteiger partial charge in [-0.3, -0.25) is 14.6 Å². The standard InChI is InChI=1S/C17H18F4N4O4S/c1-22(16(28)30)13-9-25(15(27)29-13)10-2-3-12(11(18)8-10)23-4-6-24(7-5-23)14(26)17(19,20)21/h2-3,8,13H,4-7,9H2,1H3,(H,28,30). The predicted molar refractivity (Wildman–Crippen MR) is 102 cm³/mol. The maximum absolute atomic E-state index is 14.7. The third-order valence-electron chi connectivity index (χ3n) is 4.92. The lowest BCUT2D eigenvalue weighted by Gasteiger charge is -2.36. The minimum Gasteiger partial charge on any atom is -0.486 e. The van der Waals surface area contributed by atoms with E-state index in [1.54, 1.807) is 0 Å². The van der Waals surface area contributed by atoms with Gasteiger partial charge in [-0.1, -0.05) is 0 Å². The molecule has 2 heterocycles. The number of amides is 2. The van der Waals surface area contributed by atoms with Gasteiger partial charge in [-0.15, -0.1) is 0 Å². The van der Waals surface area contributed by atoms with Crippen molar-refractivity contribution in [1.82, 2.24) is 9.80 Å². The van der Waals surface area contributed by atoms with Crippen LogP contribution in [0.15, 0.2) is 18.2 Å². The van der Waals surface area contributed by atoms with Gasteiger partial charge in [0.05, 0.1) is 17.9 Å². The fraction of sp³-hybridized carbons (Fsp3) is 0.471. The van der Waals surface area contributed by atoms with Crippen LogP contribution in [0, 0.1) is 5.82 Å². The highest BCUT2D eigenvalue weighted by Crippen LogP contribution is 2.29. The summed E-state index contributed by atoms with van der Waals surface area (Å²) >= 11 is 4.62. The van der Waals surface area contributed by atoms with Gasteiger partial charge in [0.25, 0.3) is 5.17 Å². The van der Waals surface area contributed by atoms with Gasteiger partial charge < -0.3 is 19.6 Å². The largest absolute Gasteiger partial charge is 0.486 e. The summed E-state index contributed by atoms with van der Waals surface area (Å²) in [7, 11) is 1.44. The summed E-state index contributed by atoms with van der Waals surface area (Å²) in [5.41, 5.74) is 0.363. The molecule has 1 atom stereocenters. The number of thiocarbonyl (C=S) groups is 1. The first kappa shape index (κ1) is 21.9. The Balaban J connectivity index is 1.67. The zero-order valence-corrected chi connectivity index (χ0v) is 16.5. The average molecular weight is 450 g/mol. The topological polar surface area (TPSA) is 76.6 Å². The number of anilines is 2. The molecule has 1 unspecified atom stereocenters. The van der Waals surface area contributed by atoms with Crippen LogP contribution in [0.2, 0.25) is 0 Å². The van der Waals surface area contributed by atoms with Gasteiger partial charge in [-0.25, -0.2) is 9.18 Å². The van der Waals surface area contributed by atoms with Crippen molar-refractivity contribution in [3.63, 3.8) is 0 Å². The number of hydrogen-bond donors (Lipinski definition) is 1. The van der Waals surface area contributed by atoms with Crippen molar-refractivity contribution in [3.05, 3.63) is 24.0 Å². The third-order valence-corrected chi connectivity index (χ3v) is 5.21. The number of aliphatic hydroxyl groups is 1. The molecule has 13 heteroatoms. The number of rotatable bonds is 3. The molecule has 30 heavy (non-hydrogen) atoms. The summed E-state index contributed by atoms with van der Waals surface area (Å²) in [5, 5.41) is 8.88. The maximum Gasteiger partial charge on any atom is 0.471 e. The highest BCUT2D eigenvalue weighted by Gasteiger charge is 2.43. The quantitative estimate of drug-likeness (QED) is 0.558. The van der Waals surface area contributed by atoms with E-state index in [9.17, 15) is 32.3 Å². The van der Waals surface area contributed by atoms with Gasteiger partial charge in [0.15, 0.2) is 6.23 Å². The number of piperazine rings is 1. The van der Waals surface area contributed by atoms with E-state index in [1.807, 2.05) is 0 Å². The molecule has 3 rings (SSSR count). The fourth-order valence-corrected chi connectivity index (χ4v) is 3.35. The average Bonchev–Trinajstić information content (AvgIpc) is 3.07. The number of halogens is 4. The number of nitrogens with zero attached hydrogens (tertiary/aromatic N) is 4. The van der Waals surface area contributed by atoms with Gasteiger partial charge in [-0.2, -0.15) is 13.2 Å². The van der Waals surface area contributed by atoms with Crippen molar-refractivity contribution in [2.24, 2.45) is 0 Å². The fourth-order valence-electron chi connectivity index (χ4n) is 3.23. The number of carbonyl (C=O) groups excluding carboxylic acids is 2. The number of carbonyl (C=O) groups is 2. The van der Waals surface area contributed by atoms with Crippen LogP contribution in [0.25, 0.3) is 0 Å². The summed E-state index contributed by atoms with van der Waals surface area (Å²) in [5.74, 6) is -2.59. The number of benzene rings is 1. The maximum atomic E-state index is 14.7. The zero-order valence-electron chi connectivity index (χ0n) is 15.7. The van der Waals surface area contributed by atoms with Gasteiger partial charge in [-0.05, 0) is 30.4 Å². The van der Waals surface area contributed by atoms with Gasteiger partial charge in [0.1, 0.15) is 5.82 Å². The van der Waals surface area contributed by atoms with E-state index < -0.39 is 35.4 Å². The molecular formula is C17H18F4N4O4S. The lowest BCUT2D eigenvalue weighted by Crippen LogP contribution is -2.52. The van der Waals surface area contributed by atoms with Crippen LogP contribution in [-0.4, -0.2) is 84.3 Å². The van der Waals surface area contributed by atoms with Gasteiger partial charge in [0, 0.05) is 33.2 Å². The molecule has 2 saturated heterocycles. The molecule has 1 aromatic rings. The zero-order chi connectivity index (χ0) is 22.2. The Morgan fingerprint density at radius 3 is 2.43 bits per heavy atom. The van der Waals surface area contributed by atoms with Crippen LogP contribution in [0.3, 0.4) is 0 Å². The Morgan fingerprint density at radius 1 is 1.27 bits per heavy atom. The van der Waals surface area contributed by atoms with Crippen molar-refractivity contribution < 1.29 is 37.0 Å². The molecule has 1 N–H and O–H groups in total. The van der Waals surface area contributed by atoms with E-state index >= 15 is 0 Å². The van der Waals surface area contributed by atoms with E-state index in [2.05, 4.69) is 12.2 Å². The van der Waals surface area contributed by atoms with E-state index in [0.29, 0.717) is 4.90 Å². The van der Waals surface area contributed by atoms with Gasteiger partial charge in [0.2, 0.25) is 0 Å². The van der Waals surface area contributed by atoms with Crippen LogP contribution in [0.1, 0.15) is 0 Å². The molecule has 1 aromatic carbocycles. The Labute approximate surface area is 174 Å². The summed E-state index contributed by atoms with van der Waals surface area (Å²) in [6.45, 7) is -0.303. The number of aliphatic hydroxyl groups excluding tert-OH is 1. The molecule has 8 nitrogen and oxygen atoms in total. The van der Waals surface area contributed by atoms with Crippen molar-refractivity contribution in [1.29, 1.82) is 0 Å². The van der Waals surface area contributed by atoms with Crippen LogP contribution in [0.4, 0.5) is 33.7 Å². The Morgan fingerprint density at radius 2 is 1.90 bits per heavy atom. The number of cyclic esters (lactones) is 1. The second kappa shape index (κ2) is 8.13. The second-order valence-electron chi connectivity index (χ2n) is 6.76. The lowest BCUT2D eigenvalue weighted by molar-refractivity contribution is -0.185. The molecular weight excluding hydrogens is 432 g/mol. The van der Waals surface area contributed by atoms with E-state index in [4.69, 9.17) is 4.74 Å². The molecule has 0 spiro atoms. The second-order valence-corrected chi connectivity index (χ2v) is 7.12. The van der Waals surface area contributed by atoms with Crippen LogP contribution < -0.4 is 9.80 Å². The summed E-state index contributed by atoms with van der Waals surface area (Å²) in [6.07, 6.45) is -6.52. The molecule has 0 aromatic heterocycles. The lowest BCUT2D eigenvalue weighted by atomic mass is 10.2. The molecule has 2 aliphatic rings. The molecule has 0 saturated carbocycles. The van der Waals surface area contributed by atoms with Crippen molar-refractivity contribution in [2.75, 3.05) is 49.6 Å². The Kier molecular flexibility index (Phi) is 5.92. The molecule has 2 fully saturated rings. The van der Waals surface area contributed by atoms with Crippen LogP contribution in [0.5, 0.6) is 0 Å². The SMILES string of the molecule is CN(C(O)=S)C1CN(c2ccc(N3CCN(C(=O)C(F)(F)F)CC3)c(F)c2)C(=O)O1. The number of ether oxygens (including phenoxy) is 1. The van der Waals surface area contributed by atoms with Crippen LogP contribution >= 0.6 is 12.2 Å². The first-order chi connectivity index (χ1) is 14.0. The summed E-state index contributed by atoms with van der Waals surface area (Å²) < 4.78 is 57.4. The minimum atomic E-state index is -4.94. The van der Waals surface area contributed by atoms with Crippen molar-refractivity contribution >= 4 is 40.8 Å². The number of likely N-dealkylation sites (N-methyl/N-ethyl adjacent to an activating group) is 1. The van der Waals surface area contributed by atoms with Gasteiger partial charge >= 0.3 is 18.2 Å². The molecule has 0 bridgehead atoms. The minimum absolute atomic E-state index is 0.00699. The van der Waals surface area contributed by atoms with E-state index in [0.717, 1.165) is 6.07 Å². The first-order valence-electron chi connectivity index (χ1n) is 8.83. The highest BCUT2D eigenvalue weighted by atomic mass is 32.1. The Hall–Kier alpha value is -2.83. The molecule has 0 aliphatic carbocycles. The molecule has 0 radical (unpaired) electrons. The normalized spacial score (nSPS) is 19.7. The predicted octanol–water partition coefficient (Wildman–Crippen LogP) is 2.09. The smallest absolute Gasteiger partial charge is 0.471 e. The monoisotopic (exact) mass is 450 g/mol. The van der Waals surface area contributed by atoms with Crippen molar-refractivity contribution in [3.8, 4) is 0 Å². The highest BCUT2D eigenvalue weighted by molar-refractivity contribution is 7.79. The molecule has 2 aliphatic heterocycles. The molecule has 164 valence electrons. The van der Waals surface area contributed by atoms with Crippen molar-refractivity contribution in [2.45, 2.75) is 12.4 Å². The number of alkyl halides is 3. The van der Waals surface area contributed by atoms with E-state index in [1.165, 1.54) is 33.9 Å². The number of hydrogen-bond acceptors (Lipinski definition) is 5. The molecule has 2 amide bonds. The van der Waals surface area contributed by atoms with Crippen LogP contribution in [-0.2, 0) is 9.53 Å². The third kappa shape index (κ3) is 4.35. The van der Waals surface area contributed by atoms with E-state index in [-0.39, 0.29) is 44.1 Å². The summed E-state index contributed by atoms with van der Waals surface area (Å²) in [6, 6.07) is 4.00.